The zero-order chi connectivity index (χ0) is 12.6. The number of aliphatic hydroxyl groups is 1. The Morgan fingerprint density at radius 2 is 2.18 bits per heavy atom. The Balaban J connectivity index is 2.52. The molecule has 3 nitrogen and oxygen atoms in total. The van der Waals surface area contributed by atoms with Gasteiger partial charge in [-0.25, -0.2) is 13.8 Å². The minimum Gasteiger partial charge on any atom is -0.390 e. The molecule has 0 spiro atoms. The van der Waals surface area contributed by atoms with Crippen molar-refractivity contribution in [3.05, 3.63) is 24.0 Å². The van der Waals surface area contributed by atoms with Crippen LogP contribution < -0.4 is 5.46 Å². The number of aromatic nitrogens is 2. The van der Waals surface area contributed by atoms with Crippen molar-refractivity contribution in [1.29, 1.82) is 0 Å². The second-order valence-electron chi connectivity index (χ2n) is 4.01. The van der Waals surface area contributed by atoms with Gasteiger partial charge in [0.05, 0.1) is 17.6 Å². The molecular formula is C11H11BF2N2O. The second-order valence-corrected chi connectivity index (χ2v) is 4.01. The number of alkyl halides is 2. The molecular weight excluding hydrogens is 225 g/mol. The number of imidazole rings is 1. The molecule has 6 heteroatoms. The van der Waals surface area contributed by atoms with Crippen LogP contribution in [0.5, 0.6) is 0 Å². The summed E-state index contributed by atoms with van der Waals surface area (Å²) < 4.78 is 27.8. The molecule has 0 atom stereocenters. The lowest BCUT2D eigenvalue weighted by atomic mass is 9.96. The van der Waals surface area contributed by atoms with E-state index in [2.05, 4.69) is 4.98 Å². The maximum atomic E-state index is 13.2. The van der Waals surface area contributed by atoms with Gasteiger partial charge in [0.1, 0.15) is 20.3 Å². The van der Waals surface area contributed by atoms with Gasteiger partial charge >= 0.3 is 0 Å². The number of nitrogens with zero attached hydrogens (tertiary/aromatic N) is 2. The zero-order valence-corrected chi connectivity index (χ0v) is 9.32. The summed E-state index contributed by atoms with van der Waals surface area (Å²) in [6.07, 6.45) is 0. The summed E-state index contributed by atoms with van der Waals surface area (Å²) in [6.45, 7) is -0.145. The molecule has 1 heterocycles. The van der Waals surface area contributed by atoms with Crippen molar-refractivity contribution in [1.82, 2.24) is 9.55 Å². The zero-order valence-electron chi connectivity index (χ0n) is 9.32. The summed E-state index contributed by atoms with van der Waals surface area (Å²) in [5.74, 6) is -2.69. The van der Waals surface area contributed by atoms with Crippen LogP contribution in [0.3, 0.4) is 0 Å². The lowest BCUT2D eigenvalue weighted by Gasteiger charge is -2.15. The summed E-state index contributed by atoms with van der Waals surface area (Å²) in [5, 5.41) is 8.60. The molecule has 1 aromatic carbocycles. The Kier molecular flexibility index (Phi) is 2.91. The number of aryl methyl sites for hydroxylation is 1. The predicted molar refractivity (Wildman–Crippen MR) is 61.9 cm³/mol. The Bertz CT molecular complexity index is 554. The molecule has 0 aliphatic rings. The maximum absolute atomic E-state index is 13.2. The fraction of sp³-hybridized carbons (Fsp3) is 0.364. The minimum atomic E-state index is -3.16. The molecule has 0 aliphatic heterocycles. The number of rotatable bonds is 3. The second kappa shape index (κ2) is 4.11. The molecule has 17 heavy (non-hydrogen) atoms. The number of halogens is 2. The van der Waals surface area contributed by atoms with E-state index in [4.69, 9.17) is 13.0 Å². The standard InChI is InChI=1S/C11H11BF2N2O/c1-7-15-9-3-2-8(12)4-10(9)16(7)5-11(13,14)6-17/h2-4,17H,5-6H2,1H3. The molecule has 1 aromatic heterocycles. The molecule has 0 bridgehead atoms. The normalized spacial score (nSPS) is 12.2. The third-order valence-electron chi connectivity index (χ3n) is 2.58. The highest BCUT2D eigenvalue weighted by Gasteiger charge is 2.29. The van der Waals surface area contributed by atoms with E-state index in [9.17, 15) is 8.78 Å². The molecule has 0 unspecified atom stereocenters. The van der Waals surface area contributed by atoms with Gasteiger partial charge in [-0.1, -0.05) is 11.5 Å². The van der Waals surface area contributed by atoms with Crippen LogP contribution in [-0.4, -0.2) is 35.0 Å². The van der Waals surface area contributed by atoms with Crippen molar-refractivity contribution >= 4 is 24.3 Å². The summed E-state index contributed by atoms with van der Waals surface area (Å²) in [7, 11) is 5.62. The topological polar surface area (TPSA) is 38.0 Å². The van der Waals surface area contributed by atoms with E-state index in [1.165, 1.54) is 4.57 Å². The first-order chi connectivity index (χ1) is 7.93. The average Bonchev–Trinajstić information content (AvgIpc) is 2.56. The molecule has 2 radical (unpaired) electrons. The van der Waals surface area contributed by atoms with Crippen LogP contribution >= 0.6 is 0 Å². The number of fused-ring (bicyclic) bond motifs is 1. The minimum absolute atomic E-state index is 0.471. The Morgan fingerprint density at radius 1 is 1.47 bits per heavy atom. The van der Waals surface area contributed by atoms with Gasteiger partial charge in [0.25, 0.3) is 5.92 Å². The van der Waals surface area contributed by atoms with Gasteiger partial charge in [-0.2, -0.15) is 0 Å². The average molecular weight is 236 g/mol. The molecule has 0 amide bonds. The van der Waals surface area contributed by atoms with Crippen LogP contribution in [0.15, 0.2) is 18.2 Å². The lowest BCUT2D eigenvalue weighted by Crippen LogP contribution is -2.28. The van der Waals surface area contributed by atoms with E-state index >= 15 is 0 Å². The van der Waals surface area contributed by atoms with Crippen molar-refractivity contribution in [2.75, 3.05) is 6.61 Å². The molecule has 0 saturated heterocycles. The van der Waals surface area contributed by atoms with Crippen molar-refractivity contribution in [2.24, 2.45) is 0 Å². The van der Waals surface area contributed by atoms with E-state index < -0.39 is 19.1 Å². The van der Waals surface area contributed by atoms with Crippen LogP contribution in [0.4, 0.5) is 8.78 Å². The Morgan fingerprint density at radius 3 is 2.82 bits per heavy atom. The van der Waals surface area contributed by atoms with E-state index in [0.717, 1.165) is 0 Å². The summed E-state index contributed by atoms with van der Waals surface area (Å²) in [4.78, 5) is 4.17. The summed E-state index contributed by atoms with van der Waals surface area (Å²) in [5.41, 5.74) is 1.66. The van der Waals surface area contributed by atoms with Gasteiger partial charge in [0.15, 0.2) is 0 Å². The molecule has 0 fully saturated rings. The fourth-order valence-corrected chi connectivity index (χ4v) is 1.74. The highest BCUT2D eigenvalue weighted by Crippen LogP contribution is 2.21. The smallest absolute Gasteiger partial charge is 0.288 e. The third-order valence-corrected chi connectivity index (χ3v) is 2.58. The van der Waals surface area contributed by atoms with Gasteiger partial charge in [-0.15, -0.1) is 0 Å². The van der Waals surface area contributed by atoms with Gasteiger partial charge in [0.2, 0.25) is 0 Å². The fourth-order valence-electron chi connectivity index (χ4n) is 1.74. The van der Waals surface area contributed by atoms with Crippen LogP contribution in [0.1, 0.15) is 5.82 Å². The molecule has 88 valence electrons. The van der Waals surface area contributed by atoms with Gasteiger partial charge in [-0.05, 0) is 19.1 Å². The van der Waals surface area contributed by atoms with E-state index in [0.29, 0.717) is 22.3 Å². The van der Waals surface area contributed by atoms with Crippen LogP contribution in [0, 0.1) is 6.92 Å². The quantitative estimate of drug-likeness (QED) is 0.799. The van der Waals surface area contributed by atoms with E-state index in [1.54, 1.807) is 25.1 Å². The Labute approximate surface area is 98.5 Å². The summed E-state index contributed by atoms with van der Waals surface area (Å²) >= 11 is 0. The first-order valence-electron chi connectivity index (χ1n) is 5.14. The molecule has 2 aromatic rings. The van der Waals surface area contributed by atoms with Crippen LogP contribution in [0.25, 0.3) is 11.0 Å². The number of hydrogen-bond donors (Lipinski definition) is 1. The number of aliphatic hydroxyl groups excluding tert-OH is 1. The van der Waals surface area contributed by atoms with Gasteiger partial charge in [0, 0.05) is 0 Å². The molecule has 2 rings (SSSR count). The first kappa shape index (κ1) is 12.0. The van der Waals surface area contributed by atoms with E-state index in [1.807, 2.05) is 0 Å². The van der Waals surface area contributed by atoms with Crippen molar-refractivity contribution in [3.63, 3.8) is 0 Å². The van der Waals surface area contributed by atoms with Gasteiger partial charge in [-0.3, -0.25) is 0 Å². The van der Waals surface area contributed by atoms with E-state index in [-0.39, 0.29) is 0 Å². The maximum Gasteiger partial charge on any atom is 0.288 e. The van der Waals surface area contributed by atoms with Crippen molar-refractivity contribution in [3.8, 4) is 0 Å². The highest BCUT2D eigenvalue weighted by molar-refractivity contribution is 6.33. The third kappa shape index (κ3) is 2.31. The van der Waals surface area contributed by atoms with Crippen molar-refractivity contribution in [2.45, 2.75) is 19.4 Å². The molecule has 1 N–H and O–H groups in total. The lowest BCUT2D eigenvalue weighted by molar-refractivity contribution is -0.0624. The monoisotopic (exact) mass is 236 g/mol. The SMILES string of the molecule is [B]c1ccc2nc(C)n(CC(F)(F)CO)c2c1. The van der Waals surface area contributed by atoms with Crippen molar-refractivity contribution < 1.29 is 13.9 Å². The van der Waals surface area contributed by atoms with Gasteiger partial charge < -0.3 is 9.67 Å². The summed E-state index contributed by atoms with van der Waals surface area (Å²) in [6, 6.07) is 4.96. The molecule has 0 aliphatic carbocycles. The first-order valence-corrected chi connectivity index (χ1v) is 5.14. The predicted octanol–water partition coefficient (Wildman–Crippen LogP) is 0.766. The number of benzene rings is 1. The van der Waals surface area contributed by atoms with Crippen LogP contribution in [0.2, 0.25) is 0 Å². The highest BCUT2D eigenvalue weighted by atomic mass is 19.3. The number of hydrogen-bond acceptors (Lipinski definition) is 2. The molecule has 0 saturated carbocycles. The largest absolute Gasteiger partial charge is 0.390 e. The van der Waals surface area contributed by atoms with Crippen LogP contribution in [-0.2, 0) is 6.54 Å². The Hall–Kier alpha value is -1.43.